The van der Waals surface area contributed by atoms with E-state index < -0.39 is 11.7 Å². The molecule has 0 aliphatic rings. The summed E-state index contributed by atoms with van der Waals surface area (Å²) in [5.74, 6) is 0.351. The van der Waals surface area contributed by atoms with Crippen LogP contribution in [0.2, 0.25) is 0 Å². The molecule has 160 valence electrons. The lowest BCUT2D eigenvalue weighted by molar-refractivity contribution is -0.115. The van der Waals surface area contributed by atoms with Crippen LogP contribution in [0.4, 0.5) is 15.2 Å². The summed E-state index contributed by atoms with van der Waals surface area (Å²) in [6, 6.07) is 21.7. The number of halogens is 1. The Hall–Kier alpha value is -4.04. The molecule has 0 saturated heterocycles. The van der Waals surface area contributed by atoms with E-state index in [2.05, 4.69) is 15.6 Å². The SMILES string of the molecule is O=C(Cc1csc(NC(=O)c2ccc(F)cc2)n1)Nc1ccc(Oc2ccccc2)cc1. The smallest absolute Gasteiger partial charge is 0.257 e. The Bertz CT molecular complexity index is 1210. The fourth-order valence-corrected chi connectivity index (χ4v) is 3.52. The van der Waals surface area contributed by atoms with Gasteiger partial charge in [0.05, 0.1) is 12.1 Å². The van der Waals surface area contributed by atoms with Crippen molar-refractivity contribution in [2.45, 2.75) is 6.42 Å². The molecule has 0 atom stereocenters. The average Bonchev–Trinajstić information content (AvgIpc) is 3.22. The van der Waals surface area contributed by atoms with Crippen LogP contribution in [-0.4, -0.2) is 16.8 Å². The van der Waals surface area contributed by atoms with Gasteiger partial charge in [-0.2, -0.15) is 0 Å². The van der Waals surface area contributed by atoms with Gasteiger partial charge in [-0.1, -0.05) is 18.2 Å². The van der Waals surface area contributed by atoms with E-state index in [-0.39, 0.29) is 12.3 Å². The van der Waals surface area contributed by atoms with Crippen molar-refractivity contribution in [3.05, 3.63) is 101 Å². The van der Waals surface area contributed by atoms with Crippen LogP contribution in [0.15, 0.2) is 84.2 Å². The number of benzene rings is 3. The Kier molecular flexibility index (Phi) is 6.52. The summed E-state index contributed by atoms with van der Waals surface area (Å²) >= 11 is 1.21. The van der Waals surface area contributed by atoms with Gasteiger partial charge in [0.15, 0.2) is 5.13 Å². The molecule has 1 heterocycles. The molecule has 4 rings (SSSR count). The fourth-order valence-electron chi connectivity index (χ4n) is 2.82. The second-order valence-electron chi connectivity index (χ2n) is 6.77. The Balaban J connectivity index is 1.29. The largest absolute Gasteiger partial charge is 0.457 e. The number of hydrogen-bond acceptors (Lipinski definition) is 5. The summed E-state index contributed by atoms with van der Waals surface area (Å²) in [5.41, 5.74) is 1.49. The number of rotatable bonds is 7. The molecule has 6 nitrogen and oxygen atoms in total. The minimum Gasteiger partial charge on any atom is -0.457 e. The molecule has 2 N–H and O–H groups in total. The standard InChI is InChI=1S/C24H18FN3O3S/c25-17-8-6-16(7-9-17)23(30)28-24-27-19(15-32-24)14-22(29)26-18-10-12-21(13-11-18)31-20-4-2-1-3-5-20/h1-13,15H,14H2,(H,26,29)(H,27,28,30). The third-order valence-corrected chi connectivity index (χ3v) is 5.14. The van der Waals surface area contributed by atoms with Gasteiger partial charge in [-0.3, -0.25) is 14.9 Å². The molecule has 0 fully saturated rings. The number of thiazole rings is 1. The lowest BCUT2D eigenvalue weighted by atomic mass is 10.2. The maximum Gasteiger partial charge on any atom is 0.257 e. The molecule has 32 heavy (non-hydrogen) atoms. The topological polar surface area (TPSA) is 80.3 Å². The molecule has 0 spiro atoms. The molecule has 0 radical (unpaired) electrons. The summed E-state index contributed by atoms with van der Waals surface area (Å²) in [7, 11) is 0. The first-order chi connectivity index (χ1) is 15.5. The Labute approximate surface area is 187 Å². The van der Waals surface area contributed by atoms with Crippen LogP contribution in [0, 0.1) is 5.82 Å². The quantitative estimate of drug-likeness (QED) is 0.392. The summed E-state index contributed by atoms with van der Waals surface area (Å²) < 4.78 is 18.7. The van der Waals surface area contributed by atoms with Gasteiger partial charge in [0.1, 0.15) is 17.3 Å². The number of carbonyl (C=O) groups is 2. The van der Waals surface area contributed by atoms with E-state index in [1.807, 2.05) is 30.3 Å². The Morgan fingerprint density at radius 3 is 2.28 bits per heavy atom. The van der Waals surface area contributed by atoms with Crippen LogP contribution < -0.4 is 15.4 Å². The highest BCUT2D eigenvalue weighted by Crippen LogP contribution is 2.23. The minimum atomic E-state index is -0.414. The van der Waals surface area contributed by atoms with Crippen LogP contribution >= 0.6 is 11.3 Å². The zero-order valence-electron chi connectivity index (χ0n) is 16.7. The van der Waals surface area contributed by atoms with Gasteiger partial charge >= 0.3 is 0 Å². The number of amides is 2. The highest BCUT2D eigenvalue weighted by atomic mass is 32.1. The number of anilines is 2. The first kappa shape index (κ1) is 21.2. The fraction of sp³-hybridized carbons (Fsp3) is 0.0417. The molecule has 0 bridgehead atoms. The second-order valence-corrected chi connectivity index (χ2v) is 7.63. The van der Waals surface area contributed by atoms with Gasteiger partial charge < -0.3 is 10.1 Å². The van der Waals surface area contributed by atoms with Gasteiger partial charge in [0.2, 0.25) is 5.91 Å². The molecule has 0 aliphatic carbocycles. The molecule has 8 heteroatoms. The van der Waals surface area contributed by atoms with Crippen LogP contribution in [-0.2, 0) is 11.2 Å². The van der Waals surface area contributed by atoms with Gasteiger partial charge in [0, 0.05) is 16.6 Å². The molecule has 2 amide bonds. The number of nitrogens with zero attached hydrogens (tertiary/aromatic N) is 1. The molecule has 1 aromatic heterocycles. The van der Waals surface area contributed by atoms with Crippen LogP contribution in [0.1, 0.15) is 16.1 Å². The van der Waals surface area contributed by atoms with Gasteiger partial charge in [0.25, 0.3) is 5.91 Å². The van der Waals surface area contributed by atoms with Gasteiger partial charge in [-0.25, -0.2) is 9.37 Å². The molecular weight excluding hydrogens is 429 g/mol. The van der Waals surface area contributed by atoms with E-state index >= 15 is 0 Å². The normalized spacial score (nSPS) is 10.4. The van der Waals surface area contributed by atoms with E-state index in [1.165, 1.54) is 35.6 Å². The van der Waals surface area contributed by atoms with E-state index in [9.17, 15) is 14.0 Å². The minimum absolute atomic E-state index is 0.0607. The average molecular weight is 447 g/mol. The predicted molar refractivity (Wildman–Crippen MR) is 122 cm³/mol. The zero-order chi connectivity index (χ0) is 22.3. The van der Waals surface area contributed by atoms with Crippen molar-refractivity contribution in [2.24, 2.45) is 0 Å². The van der Waals surface area contributed by atoms with Crippen molar-refractivity contribution >= 4 is 34.0 Å². The number of para-hydroxylation sites is 1. The van der Waals surface area contributed by atoms with Crippen molar-refractivity contribution in [2.75, 3.05) is 10.6 Å². The number of nitrogens with one attached hydrogen (secondary N) is 2. The Morgan fingerprint density at radius 1 is 0.875 bits per heavy atom. The Morgan fingerprint density at radius 2 is 1.56 bits per heavy atom. The lowest BCUT2D eigenvalue weighted by Gasteiger charge is -2.07. The maximum atomic E-state index is 13.0. The zero-order valence-corrected chi connectivity index (χ0v) is 17.6. The van der Waals surface area contributed by atoms with Crippen LogP contribution in [0.3, 0.4) is 0 Å². The monoisotopic (exact) mass is 447 g/mol. The van der Waals surface area contributed by atoms with E-state index in [1.54, 1.807) is 29.6 Å². The predicted octanol–water partition coefficient (Wildman–Crippen LogP) is 5.51. The van der Waals surface area contributed by atoms with Crippen molar-refractivity contribution in [3.63, 3.8) is 0 Å². The number of carbonyl (C=O) groups excluding carboxylic acids is 2. The van der Waals surface area contributed by atoms with Gasteiger partial charge in [-0.05, 0) is 60.7 Å². The lowest BCUT2D eigenvalue weighted by Crippen LogP contribution is -2.15. The molecule has 4 aromatic rings. The first-order valence-corrected chi connectivity index (χ1v) is 10.6. The highest BCUT2D eigenvalue weighted by molar-refractivity contribution is 7.14. The van der Waals surface area contributed by atoms with E-state index in [0.717, 1.165) is 5.75 Å². The highest BCUT2D eigenvalue weighted by Gasteiger charge is 2.12. The third kappa shape index (κ3) is 5.77. The number of aromatic nitrogens is 1. The van der Waals surface area contributed by atoms with E-state index in [4.69, 9.17) is 4.74 Å². The summed E-state index contributed by atoms with van der Waals surface area (Å²) in [6.45, 7) is 0. The van der Waals surface area contributed by atoms with Crippen molar-refractivity contribution in [1.82, 2.24) is 4.98 Å². The third-order valence-electron chi connectivity index (χ3n) is 4.34. The van der Waals surface area contributed by atoms with Crippen molar-refractivity contribution in [3.8, 4) is 11.5 Å². The number of ether oxygens (including phenoxy) is 1. The molecule has 3 aromatic carbocycles. The van der Waals surface area contributed by atoms with E-state index in [0.29, 0.717) is 27.8 Å². The summed E-state index contributed by atoms with van der Waals surface area (Å²) in [6.07, 6.45) is 0.0607. The molecular formula is C24H18FN3O3S. The van der Waals surface area contributed by atoms with Crippen molar-refractivity contribution < 1.29 is 18.7 Å². The summed E-state index contributed by atoms with van der Waals surface area (Å²) in [5, 5.41) is 7.53. The van der Waals surface area contributed by atoms with Crippen LogP contribution in [0.5, 0.6) is 11.5 Å². The first-order valence-electron chi connectivity index (χ1n) is 9.69. The maximum absolute atomic E-state index is 13.0. The molecule has 0 saturated carbocycles. The second kappa shape index (κ2) is 9.84. The summed E-state index contributed by atoms with van der Waals surface area (Å²) in [4.78, 5) is 28.8. The molecule has 0 unspecified atom stereocenters. The molecule has 0 aliphatic heterocycles. The van der Waals surface area contributed by atoms with Gasteiger partial charge in [-0.15, -0.1) is 11.3 Å². The van der Waals surface area contributed by atoms with Crippen molar-refractivity contribution in [1.29, 1.82) is 0 Å². The van der Waals surface area contributed by atoms with Crippen LogP contribution in [0.25, 0.3) is 0 Å². The number of hydrogen-bond donors (Lipinski definition) is 2.